The third-order valence-electron chi connectivity index (χ3n) is 4.86. The number of anilines is 4. The Morgan fingerprint density at radius 2 is 1.71 bits per heavy atom. The molecule has 0 aliphatic rings. The summed E-state index contributed by atoms with van der Waals surface area (Å²) in [5.74, 6) is 2.05. The molecule has 0 fully saturated rings. The molecule has 31 heavy (non-hydrogen) atoms. The summed E-state index contributed by atoms with van der Waals surface area (Å²) in [5.41, 5.74) is 4.50. The van der Waals surface area contributed by atoms with E-state index in [9.17, 15) is 4.79 Å². The van der Waals surface area contributed by atoms with E-state index in [1.807, 2.05) is 80.1 Å². The number of carbonyl (C=O) groups excluding carboxylic acids is 1. The van der Waals surface area contributed by atoms with E-state index < -0.39 is 0 Å². The maximum Gasteiger partial charge on any atom is 0.323 e. The second kappa shape index (κ2) is 8.66. The van der Waals surface area contributed by atoms with E-state index in [4.69, 9.17) is 0 Å². The van der Waals surface area contributed by atoms with Crippen molar-refractivity contribution in [1.82, 2.24) is 19.5 Å². The van der Waals surface area contributed by atoms with Crippen molar-refractivity contribution in [3.63, 3.8) is 0 Å². The number of hydrogen-bond acceptors (Lipinski definition) is 5. The van der Waals surface area contributed by atoms with Crippen molar-refractivity contribution in [2.75, 3.05) is 16.0 Å². The lowest BCUT2D eigenvalue weighted by Crippen LogP contribution is -2.20. The molecule has 0 bridgehead atoms. The third-order valence-corrected chi connectivity index (χ3v) is 4.86. The normalized spacial score (nSPS) is 10.5. The summed E-state index contributed by atoms with van der Waals surface area (Å²) in [6.45, 7) is 5.84. The molecule has 3 N–H and O–H groups in total. The van der Waals surface area contributed by atoms with Crippen LogP contribution in [0.2, 0.25) is 0 Å². The largest absolute Gasteiger partial charge is 0.340 e. The first-order valence-electron chi connectivity index (χ1n) is 9.83. The highest BCUT2D eigenvalue weighted by molar-refractivity contribution is 6.00. The van der Waals surface area contributed by atoms with Crippen LogP contribution in [0.5, 0.6) is 0 Å². The van der Waals surface area contributed by atoms with E-state index in [0.717, 1.165) is 28.3 Å². The third kappa shape index (κ3) is 4.87. The molecule has 0 atom stereocenters. The number of aryl methyl sites for hydroxylation is 2. The minimum Gasteiger partial charge on any atom is -0.340 e. The fraction of sp³-hybridized carbons (Fsp3) is 0.130. The smallest absolute Gasteiger partial charge is 0.323 e. The summed E-state index contributed by atoms with van der Waals surface area (Å²) in [5, 5.41) is 9.01. The lowest BCUT2D eigenvalue weighted by atomic mass is 10.1. The van der Waals surface area contributed by atoms with Gasteiger partial charge in [-0.25, -0.2) is 19.7 Å². The summed E-state index contributed by atoms with van der Waals surface area (Å²) >= 11 is 0. The van der Waals surface area contributed by atoms with Crippen LogP contribution in [0.15, 0.2) is 67.3 Å². The predicted molar refractivity (Wildman–Crippen MR) is 122 cm³/mol. The Bertz CT molecular complexity index is 1200. The van der Waals surface area contributed by atoms with Crippen molar-refractivity contribution >= 4 is 28.9 Å². The van der Waals surface area contributed by atoms with E-state index in [1.54, 1.807) is 12.5 Å². The zero-order valence-corrected chi connectivity index (χ0v) is 17.5. The second-order valence-corrected chi connectivity index (χ2v) is 7.16. The minimum absolute atomic E-state index is 0.286. The topological polar surface area (TPSA) is 96.8 Å². The molecule has 0 aliphatic heterocycles. The fourth-order valence-electron chi connectivity index (χ4n) is 3.10. The molecule has 0 aliphatic carbocycles. The maximum atomic E-state index is 12.3. The second-order valence-electron chi connectivity index (χ2n) is 7.16. The Morgan fingerprint density at radius 1 is 0.935 bits per heavy atom. The van der Waals surface area contributed by atoms with Gasteiger partial charge in [0.15, 0.2) is 0 Å². The van der Waals surface area contributed by atoms with Crippen molar-refractivity contribution in [3.8, 4) is 5.82 Å². The van der Waals surface area contributed by atoms with Crippen molar-refractivity contribution in [3.05, 3.63) is 84.2 Å². The van der Waals surface area contributed by atoms with Crippen LogP contribution in [0.4, 0.5) is 27.7 Å². The standard InChI is InChI=1S/C23H23N7O/c1-15-5-4-6-20(16(15)2)29-23(31)28-19-9-7-18(8-10-19)27-21-13-22(26-17(3)25-21)30-12-11-24-14-30/h4-14H,1-3H3,(H,25,26,27)(H2,28,29,31). The zero-order valence-electron chi connectivity index (χ0n) is 17.5. The van der Waals surface area contributed by atoms with Crippen LogP contribution in [0.3, 0.4) is 0 Å². The molecule has 0 spiro atoms. The van der Waals surface area contributed by atoms with Crippen LogP contribution in [0.1, 0.15) is 17.0 Å². The SMILES string of the molecule is Cc1nc(Nc2ccc(NC(=O)Nc3cccc(C)c3C)cc2)cc(-n2ccnc2)n1. The Balaban J connectivity index is 1.42. The van der Waals surface area contributed by atoms with Gasteiger partial charge in [0.05, 0.1) is 0 Å². The van der Waals surface area contributed by atoms with Crippen molar-refractivity contribution < 1.29 is 4.79 Å². The van der Waals surface area contributed by atoms with Crippen LogP contribution in [0, 0.1) is 20.8 Å². The lowest BCUT2D eigenvalue weighted by molar-refractivity contribution is 0.262. The maximum absolute atomic E-state index is 12.3. The van der Waals surface area contributed by atoms with Crippen LogP contribution >= 0.6 is 0 Å². The van der Waals surface area contributed by atoms with Crippen molar-refractivity contribution in [1.29, 1.82) is 0 Å². The number of urea groups is 1. The quantitative estimate of drug-likeness (QED) is 0.429. The summed E-state index contributed by atoms with van der Waals surface area (Å²) in [7, 11) is 0. The summed E-state index contributed by atoms with van der Waals surface area (Å²) in [6.07, 6.45) is 5.22. The van der Waals surface area contributed by atoms with Gasteiger partial charge in [0.25, 0.3) is 0 Å². The molecule has 2 amide bonds. The number of hydrogen-bond donors (Lipinski definition) is 3. The molecule has 2 heterocycles. The summed E-state index contributed by atoms with van der Waals surface area (Å²) in [6, 6.07) is 14.8. The van der Waals surface area contributed by atoms with Gasteiger partial charge in [0.1, 0.15) is 23.8 Å². The van der Waals surface area contributed by atoms with E-state index in [1.165, 1.54) is 0 Å². The highest BCUT2D eigenvalue weighted by Gasteiger charge is 2.07. The minimum atomic E-state index is -0.286. The molecular weight excluding hydrogens is 390 g/mol. The van der Waals surface area contributed by atoms with Gasteiger partial charge in [0.2, 0.25) is 0 Å². The van der Waals surface area contributed by atoms with Gasteiger partial charge >= 0.3 is 6.03 Å². The average molecular weight is 413 g/mol. The molecule has 0 saturated carbocycles. The number of aromatic nitrogens is 4. The molecule has 8 nitrogen and oxygen atoms in total. The first-order chi connectivity index (χ1) is 15.0. The van der Waals surface area contributed by atoms with E-state index in [0.29, 0.717) is 17.3 Å². The monoisotopic (exact) mass is 413 g/mol. The predicted octanol–water partition coefficient (Wildman–Crippen LogP) is 4.98. The van der Waals surface area contributed by atoms with Gasteiger partial charge in [-0.15, -0.1) is 0 Å². The molecule has 0 radical (unpaired) electrons. The molecule has 2 aromatic heterocycles. The van der Waals surface area contributed by atoms with Gasteiger partial charge in [-0.05, 0) is 62.2 Å². The van der Waals surface area contributed by atoms with Crippen LogP contribution < -0.4 is 16.0 Å². The first-order valence-corrected chi connectivity index (χ1v) is 9.83. The van der Waals surface area contributed by atoms with Crippen LogP contribution in [-0.2, 0) is 0 Å². The van der Waals surface area contributed by atoms with Crippen molar-refractivity contribution in [2.45, 2.75) is 20.8 Å². The van der Waals surface area contributed by atoms with Gasteiger partial charge in [-0.3, -0.25) is 4.57 Å². The molecule has 4 aromatic rings. The summed E-state index contributed by atoms with van der Waals surface area (Å²) in [4.78, 5) is 25.3. The van der Waals surface area contributed by atoms with Crippen LogP contribution in [-0.4, -0.2) is 25.6 Å². The van der Waals surface area contributed by atoms with E-state index >= 15 is 0 Å². The van der Waals surface area contributed by atoms with Crippen molar-refractivity contribution in [2.24, 2.45) is 0 Å². The number of nitrogens with zero attached hydrogens (tertiary/aromatic N) is 4. The Morgan fingerprint density at radius 3 is 2.45 bits per heavy atom. The van der Waals surface area contributed by atoms with Gasteiger partial charge in [0, 0.05) is 35.5 Å². The fourth-order valence-corrected chi connectivity index (χ4v) is 3.10. The van der Waals surface area contributed by atoms with E-state index in [-0.39, 0.29) is 6.03 Å². The summed E-state index contributed by atoms with van der Waals surface area (Å²) < 4.78 is 1.82. The molecule has 0 unspecified atom stereocenters. The molecule has 0 saturated heterocycles. The Labute approximate surface area is 180 Å². The van der Waals surface area contributed by atoms with Gasteiger partial charge < -0.3 is 16.0 Å². The van der Waals surface area contributed by atoms with Crippen LogP contribution in [0.25, 0.3) is 5.82 Å². The lowest BCUT2D eigenvalue weighted by Gasteiger charge is -2.12. The molecule has 2 aromatic carbocycles. The number of carbonyl (C=O) groups is 1. The van der Waals surface area contributed by atoms with Gasteiger partial charge in [-0.2, -0.15) is 0 Å². The average Bonchev–Trinajstić information content (AvgIpc) is 3.27. The zero-order chi connectivity index (χ0) is 21.8. The van der Waals surface area contributed by atoms with E-state index in [2.05, 4.69) is 30.9 Å². The number of amides is 2. The Kier molecular flexibility index (Phi) is 5.61. The number of nitrogens with one attached hydrogen (secondary N) is 3. The number of rotatable bonds is 5. The molecule has 156 valence electrons. The highest BCUT2D eigenvalue weighted by atomic mass is 16.2. The number of imidazole rings is 1. The molecular formula is C23H23N7O. The van der Waals surface area contributed by atoms with Gasteiger partial charge in [-0.1, -0.05) is 12.1 Å². The molecule has 4 rings (SSSR count). The number of benzene rings is 2. The Hall–Kier alpha value is -4.20. The first kappa shape index (κ1) is 20.1. The highest BCUT2D eigenvalue weighted by Crippen LogP contribution is 2.21. The molecule has 8 heteroatoms.